The molecule has 2 saturated heterocycles. The maximum atomic E-state index is 14.9. The summed E-state index contributed by atoms with van der Waals surface area (Å²) < 4.78 is 5.89. The van der Waals surface area contributed by atoms with Crippen LogP contribution in [-0.2, 0) is 20.5 Å². The van der Waals surface area contributed by atoms with Crippen LogP contribution in [0.2, 0.25) is 0 Å². The maximum absolute atomic E-state index is 14.9. The maximum Gasteiger partial charge on any atom is 0.251 e. The highest BCUT2D eigenvalue weighted by Crippen LogP contribution is 2.68. The van der Waals surface area contributed by atoms with Crippen molar-refractivity contribution in [2.24, 2.45) is 5.92 Å². The van der Waals surface area contributed by atoms with Gasteiger partial charge in [0, 0.05) is 23.0 Å². The van der Waals surface area contributed by atoms with Crippen molar-refractivity contribution in [3.63, 3.8) is 0 Å². The molecule has 4 atom stereocenters. The number of ether oxygens (including phenoxy) is 1. The highest BCUT2D eigenvalue weighted by molar-refractivity contribution is 6.21. The molecule has 0 saturated carbocycles. The molecule has 39 heavy (non-hydrogen) atoms. The number of benzene rings is 3. The van der Waals surface area contributed by atoms with Gasteiger partial charge in [-0.3, -0.25) is 19.3 Å². The summed E-state index contributed by atoms with van der Waals surface area (Å²) in [6.45, 7) is 6.92. The zero-order valence-electron chi connectivity index (χ0n) is 22.3. The van der Waals surface area contributed by atoms with Crippen molar-refractivity contribution in [3.05, 3.63) is 88.5 Å². The van der Waals surface area contributed by atoms with Gasteiger partial charge in [-0.25, -0.2) is 0 Å². The molecular weight excluding hydrogens is 490 g/mol. The SMILES string of the molecule is CCOc1ccccc1C(=O)[C@H]1[C@H]2CCCN2[C@]2(C(=O)Nc3c(C)cc(C)cc32)[C@]12C(=O)Nc1ccccc12. The van der Waals surface area contributed by atoms with Gasteiger partial charge in [-0.1, -0.05) is 48.0 Å². The summed E-state index contributed by atoms with van der Waals surface area (Å²) in [6, 6.07) is 18.6. The lowest BCUT2D eigenvalue weighted by Gasteiger charge is -2.43. The first-order chi connectivity index (χ1) is 18.9. The molecule has 3 aromatic rings. The molecule has 4 aliphatic heterocycles. The third-order valence-corrected chi connectivity index (χ3v) is 9.28. The van der Waals surface area contributed by atoms with Crippen LogP contribution in [0.1, 0.15) is 52.4 Å². The number of carbonyl (C=O) groups excluding carboxylic acids is 3. The number of Topliss-reactive ketones (excluding diaryl/α,β-unsaturated/α-hetero) is 1. The van der Waals surface area contributed by atoms with E-state index in [0.717, 1.165) is 35.2 Å². The number of amides is 2. The Hall–Kier alpha value is -3.97. The molecule has 2 N–H and O–H groups in total. The van der Waals surface area contributed by atoms with Crippen molar-refractivity contribution < 1.29 is 19.1 Å². The number of nitrogens with one attached hydrogen (secondary N) is 2. The standard InChI is InChI=1S/C32H31N3O4/c1-4-39-25-14-8-5-10-20(25)28(36)26-24-13-9-15-35(24)32(22-17-18(2)16-19(3)27(22)34-30(32)38)31(26)21-11-6-7-12-23(21)33-29(31)37/h5-8,10-12,14,16-17,24,26H,4,9,13,15H2,1-3H3,(H,33,37)(H,34,38)/t24-,26-,31+,32-/m1/s1. The van der Waals surface area contributed by atoms with Crippen molar-refractivity contribution in [1.29, 1.82) is 0 Å². The average Bonchev–Trinajstić information content (AvgIpc) is 3.64. The predicted molar refractivity (Wildman–Crippen MR) is 148 cm³/mol. The molecule has 0 unspecified atom stereocenters. The molecule has 4 heterocycles. The van der Waals surface area contributed by atoms with Gasteiger partial charge >= 0.3 is 0 Å². The van der Waals surface area contributed by atoms with E-state index in [1.807, 2.05) is 69.3 Å². The van der Waals surface area contributed by atoms with Crippen LogP contribution in [0.15, 0.2) is 60.7 Å². The van der Waals surface area contributed by atoms with Gasteiger partial charge in [0.1, 0.15) is 16.7 Å². The zero-order chi connectivity index (χ0) is 27.1. The van der Waals surface area contributed by atoms with E-state index in [9.17, 15) is 14.4 Å². The van der Waals surface area contributed by atoms with Crippen LogP contribution in [0.4, 0.5) is 11.4 Å². The molecule has 198 valence electrons. The van der Waals surface area contributed by atoms with E-state index in [0.29, 0.717) is 35.7 Å². The number of ketones is 1. The lowest BCUT2D eigenvalue weighted by molar-refractivity contribution is -0.137. The number of anilines is 2. The minimum Gasteiger partial charge on any atom is -0.493 e. The molecule has 0 aromatic heterocycles. The zero-order valence-corrected chi connectivity index (χ0v) is 22.3. The molecule has 3 aromatic carbocycles. The molecule has 2 amide bonds. The molecule has 0 aliphatic carbocycles. The minimum atomic E-state index is -1.46. The monoisotopic (exact) mass is 521 g/mol. The first-order valence-corrected chi connectivity index (χ1v) is 13.7. The van der Waals surface area contributed by atoms with Crippen molar-refractivity contribution in [2.75, 3.05) is 23.8 Å². The van der Waals surface area contributed by atoms with Gasteiger partial charge < -0.3 is 15.4 Å². The summed E-state index contributed by atoms with van der Waals surface area (Å²) in [5.74, 6) is -0.987. The largest absolute Gasteiger partial charge is 0.493 e. The van der Waals surface area contributed by atoms with Crippen molar-refractivity contribution in [3.8, 4) is 5.75 Å². The van der Waals surface area contributed by atoms with Crippen LogP contribution in [0.3, 0.4) is 0 Å². The lowest BCUT2D eigenvalue weighted by Crippen LogP contribution is -2.62. The molecule has 4 aliphatic rings. The van der Waals surface area contributed by atoms with E-state index >= 15 is 0 Å². The Bertz CT molecular complexity index is 1580. The van der Waals surface area contributed by atoms with Crippen LogP contribution >= 0.6 is 0 Å². The molecular formula is C32H31N3O4. The number of nitrogens with zero attached hydrogens (tertiary/aromatic N) is 1. The van der Waals surface area contributed by atoms with Gasteiger partial charge in [-0.15, -0.1) is 0 Å². The fraction of sp³-hybridized carbons (Fsp3) is 0.344. The predicted octanol–water partition coefficient (Wildman–Crippen LogP) is 4.72. The van der Waals surface area contributed by atoms with E-state index in [1.165, 1.54) is 0 Å². The molecule has 0 bridgehead atoms. The third-order valence-electron chi connectivity index (χ3n) is 9.28. The van der Waals surface area contributed by atoms with Gasteiger partial charge in [0.25, 0.3) is 5.91 Å². The summed E-state index contributed by atoms with van der Waals surface area (Å²) in [7, 11) is 0. The van der Waals surface area contributed by atoms with E-state index in [2.05, 4.69) is 15.5 Å². The lowest BCUT2D eigenvalue weighted by atomic mass is 9.57. The van der Waals surface area contributed by atoms with E-state index in [4.69, 9.17) is 4.74 Å². The average molecular weight is 522 g/mol. The summed E-state index contributed by atoms with van der Waals surface area (Å²) in [6.07, 6.45) is 1.57. The summed E-state index contributed by atoms with van der Waals surface area (Å²) in [5, 5.41) is 6.27. The fourth-order valence-corrected chi connectivity index (χ4v) is 8.16. The van der Waals surface area contributed by atoms with Gasteiger partial charge in [0.05, 0.1) is 18.1 Å². The highest BCUT2D eigenvalue weighted by Gasteiger charge is 2.81. The minimum absolute atomic E-state index is 0.162. The van der Waals surface area contributed by atoms with Crippen LogP contribution in [0.5, 0.6) is 5.75 Å². The third kappa shape index (κ3) is 2.78. The van der Waals surface area contributed by atoms with Crippen LogP contribution in [0, 0.1) is 19.8 Å². The first-order valence-electron chi connectivity index (χ1n) is 13.7. The molecule has 7 heteroatoms. The number of hydrogen-bond donors (Lipinski definition) is 2. The quantitative estimate of drug-likeness (QED) is 0.486. The molecule has 7 nitrogen and oxygen atoms in total. The first kappa shape index (κ1) is 24.1. The Kier molecular flexibility index (Phi) is 5.11. The second-order valence-electron chi connectivity index (χ2n) is 11.2. The number of rotatable bonds is 4. The molecule has 7 rings (SSSR count). The Morgan fingerprint density at radius 3 is 2.59 bits per heavy atom. The summed E-state index contributed by atoms with van der Waals surface area (Å²) in [4.78, 5) is 46.3. The topological polar surface area (TPSA) is 87.7 Å². The number of fused-ring (bicyclic) bond motifs is 7. The van der Waals surface area contributed by atoms with E-state index in [1.54, 1.807) is 12.1 Å². The van der Waals surface area contributed by atoms with Crippen molar-refractivity contribution in [1.82, 2.24) is 4.90 Å². The number of para-hydroxylation sites is 2. The van der Waals surface area contributed by atoms with E-state index < -0.39 is 16.9 Å². The Labute approximate surface area is 227 Å². The Morgan fingerprint density at radius 1 is 1.00 bits per heavy atom. The second-order valence-corrected chi connectivity index (χ2v) is 11.2. The summed E-state index contributed by atoms with van der Waals surface area (Å²) >= 11 is 0. The van der Waals surface area contributed by atoms with Gasteiger partial charge in [0.2, 0.25) is 5.91 Å². The smallest absolute Gasteiger partial charge is 0.251 e. The van der Waals surface area contributed by atoms with Gasteiger partial charge in [-0.05, 0) is 69.5 Å². The summed E-state index contributed by atoms with van der Waals surface area (Å²) in [5.41, 5.74) is 2.49. The van der Waals surface area contributed by atoms with Crippen LogP contribution in [-0.4, -0.2) is 41.7 Å². The second kappa shape index (κ2) is 8.26. The van der Waals surface area contributed by atoms with Crippen LogP contribution < -0.4 is 15.4 Å². The fourth-order valence-electron chi connectivity index (χ4n) is 8.16. The number of aryl methyl sites for hydroxylation is 2. The van der Waals surface area contributed by atoms with Crippen molar-refractivity contribution >= 4 is 29.0 Å². The number of hydrogen-bond acceptors (Lipinski definition) is 5. The molecule has 2 spiro atoms. The van der Waals surface area contributed by atoms with Gasteiger partial charge in [0.15, 0.2) is 5.78 Å². The molecule has 2 fully saturated rings. The van der Waals surface area contributed by atoms with Crippen LogP contribution in [0.25, 0.3) is 0 Å². The molecule has 0 radical (unpaired) electrons. The Balaban J connectivity index is 1.59. The van der Waals surface area contributed by atoms with Crippen molar-refractivity contribution in [2.45, 2.75) is 50.6 Å². The van der Waals surface area contributed by atoms with E-state index in [-0.39, 0.29) is 23.6 Å². The number of carbonyl (C=O) groups is 3. The Morgan fingerprint density at radius 2 is 1.77 bits per heavy atom. The normalized spacial score (nSPS) is 28.4. The highest BCUT2D eigenvalue weighted by atomic mass is 16.5. The van der Waals surface area contributed by atoms with Gasteiger partial charge in [-0.2, -0.15) is 0 Å².